The highest BCUT2D eigenvalue weighted by Gasteiger charge is 2.25. The molecule has 0 aliphatic rings. The average Bonchev–Trinajstić information content (AvgIpc) is 2.94. The van der Waals surface area contributed by atoms with Crippen LogP contribution in [0.1, 0.15) is 69.2 Å². The van der Waals surface area contributed by atoms with Crippen molar-refractivity contribution in [2.24, 2.45) is 0 Å². The molecule has 39 heavy (non-hydrogen) atoms. The SMILES string of the molecule is CCCCCOc1ccc(N(CCCCC)S(=O)(=O)c2ccc(NC(=O)CC(=O)c3ccccc3)cc2)cc1. The Bertz CT molecular complexity index is 1290. The van der Waals surface area contributed by atoms with E-state index in [4.69, 9.17) is 4.74 Å². The summed E-state index contributed by atoms with van der Waals surface area (Å²) in [5.74, 6) is -0.0309. The van der Waals surface area contributed by atoms with E-state index in [1.54, 1.807) is 54.6 Å². The zero-order valence-electron chi connectivity index (χ0n) is 22.8. The number of carbonyl (C=O) groups is 2. The van der Waals surface area contributed by atoms with Crippen LogP contribution in [0.15, 0.2) is 83.8 Å². The molecule has 0 atom stereocenters. The molecular weight excluding hydrogens is 512 g/mol. The van der Waals surface area contributed by atoms with E-state index in [-0.39, 0.29) is 17.1 Å². The predicted molar refractivity (Wildman–Crippen MR) is 156 cm³/mol. The maximum absolute atomic E-state index is 13.7. The van der Waals surface area contributed by atoms with E-state index in [1.807, 2.05) is 0 Å². The van der Waals surface area contributed by atoms with Crippen molar-refractivity contribution in [2.45, 2.75) is 63.7 Å². The normalized spacial score (nSPS) is 11.1. The largest absolute Gasteiger partial charge is 0.494 e. The molecule has 3 rings (SSSR count). The molecule has 1 amide bonds. The van der Waals surface area contributed by atoms with Crippen molar-refractivity contribution in [1.82, 2.24) is 0 Å². The second-order valence-electron chi connectivity index (χ2n) is 9.37. The minimum absolute atomic E-state index is 0.122. The topological polar surface area (TPSA) is 92.8 Å². The number of benzene rings is 3. The number of Topliss-reactive ketones (excluding diaryl/α,β-unsaturated/α-hetero) is 1. The summed E-state index contributed by atoms with van der Waals surface area (Å²) < 4.78 is 34.5. The summed E-state index contributed by atoms with van der Waals surface area (Å²) in [4.78, 5) is 24.8. The van der Waals surface area contributed by atoms with Crippen LogP contribution in [-0.4, -0.2) is 33.3 Å². The summed E-state index contributed by atoms with van der Waals surface area (Å²) >= 11 is 0. The Kier molecular flexibility index (Phi) is 11.6. The summed E-state index contributed by atoms with van der Waals surface area (Å²) in [5, 5.41) is 2.67. The monoisotopic (exact) mass is 550 g/mol. The third-order valence-corrected chi connectivity index (χ3v) is 8.09. The molecule has 0 saturated heterocycles. The van der Waals surface area contributed by atoms with E-state index < -0.39 is 15.9 Å². The number of anilines is 2. The third-order valence-electron chi connectivity index (χ3n) is 6.25. The van der Waals surface area contributed by atoms with Crippen molar-refractivity contribution >= 4 is 33.1 Å². The van der Waals surface area contributed by atoms with Crippen LogP contribution in [0.4, 0.5) is 11.4 Å². The molecule has 1 N–H and O–H groups in total. The van der Waals surface area contributed by atoms with Gasteiger partial charge in [0.25, 0.3) is 10.0 Å². The third kappa shape index (κ3) is 8.96. The van der Waals surface area contributed by atoms with Gasteiger partial charge in [0, 0.05) is 17.8 Å². The van der Waals surface area contributed by atoms with Crippen LogP contribution in [0, 0.1) is 0 Å². The van der Waals surface area contributed by atoms with Gasteiger partial charge in [-0.3, -0.25) is 13.9 Å². The lowest BCUT2D eigenvalue weighted by Gasteiger charge is -2.25. The smallest absolute Gasteiger partial charge is 0.264 e. The molecule has 0 unspecified atom stereocenters. The fraction of sp³-hybridized carbons (Fsp3) is 0.355. The van der Waals surface area contributed by atoms with E-state index in [9.17, 15) is 18.0 Å². The second-order valence-corrected chi connectivity index (χ2v) is 11.2. The van der Waals surface area contributed by atoms with E-state index >= 15 is 0 Å². The number of sulfonamides is 1. The van der Waals surface area contributed by atoms with Crippen LogP contribution in [0.25, 0.3) is 0 Å². The highest BCUT2D eigenvalue weighted by molar-refractivity contribution is 7.92. The van der Waals surface area contributed by atoms with E-state index in [1.165, 1.54) is 28.6 Å². The Morgan fingerprint density at radius 1 is 0.795 bits per heavy atom. The molecule has 0 bridgehead atoms. The van der Waals surface area contributed by atoms with Crippen LogP contribution in [0.2, 0.25) is 0 Å². The Morgan fingerprint density at radius 3 is 2.08 bits per heavy atom. The molecule has 7 nitrogen and oxygen atoms in total. The first-order valence-corrected chi connectivity index (χ1v) is 15.0. The van der Waals surface area contributed by atoms with Gasteiger partial charge in [-0.05, 0) is 61.4 Å². The van der Waals surface area contributed by atoms with Gasteiger partial charge in [0.1, 0.15) is 5.75 Å². The summed E-state index contributed by atoms with van der Waals surface area (Å²) in [6.07, 6.45) is 5.53. The maximum Gasteiger partial charge on any atom is 0.264 e. The molecule has 208 valence electrons. The molecule has 0 radical (unpaired) electrons. The van der Waals surface area contributed by atoms with Crippen molar-refractivity contribution in [1.29, 1.82) is 0 Å². The molecule has 3 aromatic carbocycles. The fourth-order valence-electron chi connectivity index (χ4n) is 4.06. The number of nitrogens with one attached hydrogen (secondary N) is 1. The van der Waals surface area contributed by atoms with Gasteiger partial charge < -0.3 is 10.1 Å². The Hall–Kier alpha value is -3.65. The van der Waals surface area contributed by atoms with Crippen molar-refractivity contribution < 1.29 is 22.7 Å². The van der Waals surface area contributed by atoms with Crippen LogP contribution in [0.5, 0.6) is 5.75 Å². The number of hydrogen-bond donors (Lipinski definition) is 1. The first kappa shape index (κ1) is 29.9. The van der Waals surface area contributed by atoms with Crippen molar-refractivity contribution in [3.63, 3.8) is 0 Å². The van der Waals surface area contributed by atoms with Gasteiger partial charge in [-0.1, -0.05) is 69.9 Å². The Labute approximate surface area is 232 Å². The van der Waals surface area contributed by atoms with Crippen molar-refractivity contribution in [3.05, 3.63) is 84.4 Å². The van der Waals surface area contributed by atoms with Gasteiger partial charge in [-0.25, -0.2) is 8.42 Å². The molecule has 0 aliphatic carbocycles. The van der Waals surface area contributed by atoms with Crippen molar-refractivity contribution in [3.8, 4) is 5.75 Å². The van der Waals surface area contributed by atoms with E-state index in [0.717, 1.165) is 38.5 Å². The summed E-state index contributed by atoms with van der Waals surface area (Å²) in [7, 11) is -3.85. The number of hydrogen-bond acceptors (Lipinski definition) is 5. The highest BCUT2D eigenvalue weighted by Crippen LogP contribution is 2.27. The second kappa shape index (κ2) is 15.1. The molecule has 0 fully saturated rings. The van der Waals surface area contributed by atoms with Crippen molar-refractivity contribution in [2.75, 3.05) is 22.8 Å². The number of rotatable bonds is 16. The predicted octanol–water partition coefficient (Wildman–Crippen LogP) is 6.85. The van der Waals surface area contributed by atoms with Crippen LogP contribution in [-0.2, 0) is 14.8 Å². The molecule has 3 aromatic rings. The lowest BCUT2D eigenvalue weighted by molar-refractivity contribution is -0.115. The summed E-state index contributed by atoms with van der Waals surface area (Å²) in [6, 6.07) is 21.8. The summed E-state index contributed by atoms with van der Waals surface area (Å²) in [5.41, 5.74) is 1.46. The number of carbonyl (C=O) groups excluding carboxylic acids is 2. The maximum atomic E-state index is 13.7. The quantitative estimate of drug-likeness (QED) is 0.120. The van der Waals surface area contributed by atoms with Gasteiger partial charge in [0.2, 0.25) is 5.91 Å². The zero-order valence-corrected chi connectivity index (χ0v) is 23.6. The molecule has 0 aromatic heterocycles. The molecular formula is C31H38N2O5S. The van der Waals surface area contributed by atoms with Gasteiger partial charge in [0.05, 0.1) is 23.6 Å². The Balaban J connectivity index is 1.70. The van der Waals surface area contributed by atoms with Crippen LogP contribution in [0.3, 0.4) is 0 Å². The number of ketones is 1. The van der Waals surface area contributed by atoms with Crippen LogP contribution >= 0.6 is 0 Å². The first-order valence-electron chi connectivity index (χ1n) is 13.6. The van der Waals surface area contributed by atoms with E-state index in [2.05, 4.69) is 19.2 Å². The zero-order chi connectivity index (χ0) is 28.1. The number of amides is 1. The minimum Gasteiger partial charge on any atom is -0.494 e. The standard InChI is InChI=1S/C31H38N2O5S/c1-3-5-10-22-33(27-16-18-28(19-17-27)38-23-11-6-4-2)39(36,37)29-20-14-26(15-21-29)32-31(35)24-30(34)25-12-8-7-9-13-25/h7-9,12-21H,3-6,10-11,22-24H2,1-2H3,(H,32,35). The molecule has 0 aliphatic heterocycles. The van der Waals surface area contributed by atoms with Gasteiger partial charge in [-0.2, -0.15) is 0 Å². The van der Waals surface area contributed by atoms with Gasteiger partial charge >= 0.3 is 0 Å². The van der Waals surface area contributed by atoms with Gasteiger partial charge in [0.15, 0.2) is 5.78 Å². The summed E-state index contributed by atoms with van der Waals surface area (Å²) in [6.45, 7) is 5.20. The van der Waals surface area contributed by atoms with Crippen LogP contribution < -0.4 is 14.4 Å². The number of ether oxygens (including phenoxy) is 1. The minimum atomic E-state index is -3.85. The molecule has 8 heteroatoms. The molecule has 0 heterocycles. The first-order chi connectivity index (χ1) is 18.8. The number of nitrogens with zero attached hydrogens (tertiary/aromatic N) is 1. The van der Waals surface area contributed by atoms with E-state index in [0.29, 0.717) is 35.8 Å². The lowest BCUT2D eigenvalue weighted by atomic mass is 10.1. The number of unbranched alkanes of at least 4 members (excludes halogenated alkanes) is 4. The van der Waals surface area contributed by atoms with Gasteiger partial charge in [-0.15, -0.1) is 0 Å². The highest BCUT2D eigenvalue weighted by atomic mass is 32.2. The fourth-order valence-corrected chi connectivity index (χ4v) is 5.56. The Morgan fingerprint density at radius 2 is 1.44 bits per heavy atom. The average molecular weight is 551 g/mol. The molecule has 0 saturated carbocycles. The molecule has 0 spiro atoms. The lowest BCUT2D eigenvalue weighted by Crippen LogP contribution is -2.32.